The van der Waals surface area contributed by atoms with Crippen LogP contribution in [0.3, 0.4) is 0 Å². The maximum absolute atomic E-state index is 12.5. The van der Waals surface area contributed by atoms with Crippen molar-refractivity contribution in [3.63, 3.8) is 0 Å². The third-order valence-electron chi connectivity index (χ3n) is 3.39. The number of benzene rings is 1. The van der Waals surface area contributed by atoms with Gasteiger partial charge in [-0.05, 0) is 19.1 Å². The van der Waals surface area contributed by atoms with Crippen LogP contribution in [-0.4, -0.2) is 22.5 Å². The molecule has 7 heteroatoms. The average Bonchev–Trinajstić information content (AvgIpc) is 2.73. The first-order valence-corrected chi connectivity index (χ1v) is 6.58. The molecular formula is C14H14F3N3O. The minimum absolute atomic E-state index is 0.216. The Morgan fingerprint density at radius 1 is 1.29 bits per heavy atom. The molecule has 0 unspecified atom stereocenters. The van der Waals surface area contributed by atoms with E-state index in [4.69, 9.17) is 0 Å². The standard InChI is InChI=1S/C14H14F3N3O/c1-9-19-10-8-18-7-6-11(10)20(9)12-4-2-3-5-13(12)21-14(15,16)17/h2-5,18H,6-8H2,1H3. The molecule has 0 amide bonds. The first-order chi connectivity index (χ1) is 9.96. The maximum atomic E-state index is 12.5. The Morgan fingerprint density at radius 2 is 2.05 bits per heavy atom. The van der Waals surface area contributed by atoms with Crippen molar-refractivity contribution in [3.8, 4) is 11.4 Å². The van der Waals surface area contributed by atoms with E-state index in [2.05, 4.69) is 15.0 Å². The van der Waals surface area contributed by atoms with Crippen LogP contribution in [0.5, 0.6) is 5.75 Å². The fraction of sp³-hybridized carbons (Fsp3) is 0.357. The predicted molar refractivity (Wildman–Crippen MR) is 70.4 cm³/mol. The van der Waals surface area contributed by atoms with Gasteiger partial charge in [-0.1, -0.05) is 12.1 Å². The number of fused-ring (bicyclic) bond motifs is 1. The molecule has 2 heterocycles. The van der Waals surface area contributed by atoms with E-state index in [-0.39, 0.29) is 5.75 Å². The molecule has 0 radical (unpaired) electrons. The van der Waals surface area contributed by atoms with Crippen LogP contribution in [0.15, 0.2) is 24.3 Å². The van der Waals surface area contributed by atoms with Crippen molar-refractivity contribution in [1.82, 2.24) is 14.9 Å². The van der Waals surface area contributed by atoms with Crippen molar-refractivity contribution in [2.24, 2.45) is 0 Å². The summed E-state index contributed by atoms with van der Waals surface area (Å²) in [6, 6.07) is 6.13. The molecule has 0 atom stereocenters. The van der Waals surface area contributed by atoms with Gasteiger partial charge in [-0.2, -0.15) is 0 Å². The lowest BCUT2D eigenvalue weighted by Gasteiger charge is -2.19. The molecule has 0 bridgehead atoms. The molecule has 1 aliphatic heterocycles. The van der Waals surface area contributed by atoms with Crippen LogP contribution in [0.25, 0.3) is 5.69 Å². The van der Waals surface area contributed by atoms with Gasteiger partial charge in [0, 0.05) is 25.2 Å². The summed E-state index contributed by atoms with van der Waals surface area (Å²) in [5, 5.41) is 3.20. The molecule has 0 saturated carbocycles. The molecule has 4 nitrogen and oxygen atoms in total. The summed E-state index contributed by atoms with van der Waals surface area (Å²) in [5.41, 5.74) is 2.17. The zero-order chi connectivity index (χ0) is 15.0. The van der Waals surface area contributed by atoms with Crippen molar-refractivity contribution in [3.05, 3.63) is 41.5 Å². The minimum atomic E-state index is -4.72. The van der Waals surface area contributed by atoms with Crippen LogP contribution in [0.1, 0.15) is 17.2 Å². The monoisotopic (exact) mass is 297 g/mol. The summed E-state index contributed by atoms with van der Waals surface area (Å²) in [6.45, 7) is 3.19. The van der Waals surface area contributed by atoms with Gasteiger partial charge < -0.3 is 10.1 Å². The third kappa shape index (κ3) is 2.73. The van der Waals surface area contributed by atoms with Gasteiger partial charge >= 0.3 is 6.36 Å². The summed E-state index contributed by atoms with van der Waals surface area (Å²) in [6.07, 6.45) is -4.00. The van der Waals surface area contributed by atoms with E-state index >= 15 is 0 Å². The van der Waals surface area contributed by atoms with Gasteiger partial charge in [0.15, 0.2) is 5.75 Å². The number of imidazole rings is 1. The number of aryl methyl sites for hydroxylation is 1. The molecule has 1 aliphatic rings. The highest BCUT2D eigenvalue weighted by atomic mass is 19.4. The van der Waals surface area contributed by atoms with E-state index in [1.54, 1.807) is 23.6 Å². The lowest BCUT2D eigenvalue weighted by molar-refractivity contribution is -0.274. The Kier molecular flexibility index (Phi) is 3.36. The van der Waals surface area contributed by atoms with Gasteiger partial charge in [0.25, 0.3) is 0 Å². The molecule has 0 saturated heterocycles. The first-order valence-electron chi connectivity index (χ1n) is 6.58. The lowest BCUT2D eigenvalue weighted by Crippen LogP contribution is -2.25. The summed E-state index contributed by atoms with van der Waals surface area (Å²) < 4.78 is 43.5. The Hall–Kier alpha value is -2.02. The molecular weight excluding hydrogens is 283 g/mol. The van der Waals surface area contributed by atoms with Gasteiger partial charge in [-0.15, -0.1) is 13.2 Å². The van der Waals surface area contributed by atoms with Gasteiger partial charge in [0.1, 0.15) is 5.82 Å². The van der Waals surface area contributed by atoms with Crippen LogP contribution >= 0.6 is 0 Å². The van der Waals surface area contributed by atoms with E-state index in [1.807, 2.05) is 0 Å². The quantitative estimate of drug-likeness (QED) is 0.926. The van der Waals surface area contributed by atoms with Crippen LogP contribution in [0.2, 0.25) is 0 Å². The molecule has 1 aromatic carbocycles. The molecule has 1 N–H and O–H groups in total. The fourth-order valence-corrected chi connectivity index (χ4v) is 2.62. The number of ether oxygens (including phenoxy) is 1. The number of alkyl halides is 3. The van der Waals surface area contributed by atoms with E-state index < -0.39 is 6.36 Å². The molecule has 0 aliphatic carbocycles. The van der Waals surface area contributed by atoms with Crippen LogP contribution in [0.4, 0.5) is 13.2 Å². The molecule has 1 aromatic heterocycles. The number of halogens is 3. The fourth-order valence-electron chi connectivity index (χ4n) is 2.62. The Balaban J connectivity index is 2.11. The number of hydrogen-bond acceptors (Lipinski definition) is 3. The van der Waals surface area contributed by atoms with E-state index in [0.29, 0.717) is 18.1 Å². The topological polar surface area (TPSA) is 39.1 Å². The summed E-state index contributed by atoms with van der Waals surface area (Å²) in [7, 11) is 0. The second kappa shape index (κ2) is 5.07. The number of para-hydroxylation sites is 2. The second-order valence-electron chi connectivity index (χ2n) is 4.83. The lowest BCUT2D eigenvalue weighted by atomic mass is 10.1. The minimum Gasteiger partial charge on any atom is -0.404 e. The van der Waals surface area contributed by atoms with Gasteiger partial charge in [0.05, 0.1) is 11.4 Å². The van der Waals surface area contributed by atoms with Gasteiger partial charge in [-0.25, -0.2) is 4.98 Å². The largest absolute Gasteiger partial charge is 0.573 e. The molecule has 0 fully saturated rings. The normalized spacial score (nSPS) is 14.9. The Labute approximate surface area is 119 Å². The number of nitrogens with zero attached hydrogens (tertiary/aromatic N) is 2. The van der Waals surface area contributed by atoms with Crippen LogP contribution < -0.4 is 10.1 Å². The van der Waals surface area contributed by atoms with E-state index in [9.17, 15) is 13.2 Å². The summed E-state index contributed by atoms with van der Waals surface area (Å²) in [4.78, 5) is 4.43. The van der Waals surface area contributed by atoms with Crippen LogP contribution in [0, 0.1) is 6.92 Å². The molecule has 21 heavy (non-hydrogen) atoms. The average molecular weight is 297 g/mol. The number of nitrogens with one attached hydrogen (secondary N) is 1. The number of hydrogen-bond donors (Lipinski definition) is 1. The molecule has 112 valence electrons. The molecule has 3 rings (SSSR count). The third-order valence-corrected chi connectivity index (χ3v) is 3.39. The highest BCUT2D eigenvalue weighted by molar-refractivity contribution is 5.49. The summed E-state index contributed by atoms with van der Waals surface area (Å²) >= 11 is 0. The number of rotatable bonds is 2. The van der Waals surface area contributed by atoms with Crippen molar-refractivity contribution in [1.29, 1.82) is 0 Å². The van der Waals surface area contributed by atoms with Gasteiger partial charge in [0.2, 0.25) is 0 Å². The smallest absolute Gasteiger partial charge is 0.404 e. The predicted octanol–water partition coefficient (Wildman–Crippen LogP) is 2.73. The SMILES string of the molecule is Cc1nc2c(n1-c1ccccc1OC(F)(F)F)CCNC2. The van der Waals surface area contributed by atoms with Crippen LogP contribution in [-0.2, 0) is 13.0 Å². The van der Waals surface area contributed by atoms with Gasteiger partial charge in [-0.3, -0.25) is 4.57 Å². The molecule has 0 spiro atoms. The van der Waals surface area contributed by atoms with E-state index in [1.165, 1.54) is 12.1 Å². The maximum Gasteiger partial charge on any atom is 0.573 e. The zero-order valence-electron chi connectivity index (χ0n) is 11.4. The Bertz CT molecular complexity index is 664. The molecule has 2 aromatic rings. The van der Waals surface area contributed by atoms with Crippen molar-refractivity contribution >= 4 is 0 Å². The second-order valence-corrected chi connectivity index (χ2v) is 4.83. The first kappa shape index (κ1) is 13.9. The van der Waals surface area contributed by atoms with Crippen molar-refractivity contribution in [2.75, 3.05) is 6.54 Å². The summed E-state index contributed by atoms with van der Waals surface area (Å²) in [5.74, 6) is 0.439. The van der Waals surface area contributed by atoms with Crippen molar-refractivity contribution in [2.45, 2.75) is 26.3 Å². The Morgan fingerprint density at radius 3 is 2.81 bits per heavy atom. The highest BCUT2D eigenvalue weighted by Crippen LogP contribution is 2.31. The zero-order valence-corrected chi connectivity index (χ0v) is 11.4. The van der Waals surface area contributed by atoms with E-state index in [0.717, 1.165) is 24.4 Å². The highest BCUT2D eigenvalue weighted by Gasteiger charge is 2.33. The van der Waals surface area contributed by atoms with Crippen molar-refractivity contribution < 1.29 is 17.9 Å². The number of aromatic nitrogens is 2.